The van der Waals surface area contributed by atoms with E-state index in [1.165, 1.54) is 11.3 Å². The number of hydrogen-bond donors (Lipinski definition) is 0. The number of halogens is 2. The highest BCUT2D eigenvalue weighted by Gasteiger charge is 2.04. The summed E-state index contributed by atoms with van der Waals surface area (Å²) < 4.78 is 1.35. The predicted molar refractivity (Wildman–Crippen MR) is 55.9 cm³/mol. The molecule has 0 spiro atoms. The van der Waals surface area contributed by atoms with Crippen LogP contribution in [0.2, 0.25) is 4.47 Å². The normalized spacial score (nSPS) is 10.3. The van der Waals surface area contributed by atoms with Crippen molar-refractivity contribution >= 4 is 38.9 Å². The number of nitrogens with zero attached hydrogens (tertiary/aromatic N) is 3. The van der Waals surface area contributed by atoms with Gasteiger partial charge in [-0.15, -0.1) is 10.2 Å². The molecule has 0 amide bonds. The fraction of sp³-hybridized carbons (Fsp3) is 0. The number of hydrogen-bond acceptors (Lipinski definition) is 4. The molecule has 0 radical (unpaired) electrons. The summed E-state index contributed by atoms with van der Waals surface area (Å²) in [7, 11) is 0. The van der Waals surface area contributed by atoms with Crippen molar-refractivity contribution in [3.8, 4) is 10.6 Å². The zero-order valence-corrected chi connectivity index (χ0v) is 9.40. The zero-order valence-electron chi connectivity index (χ0n) is 6.24. The third-order valence-electron chi connectivity index (χ3n) is 1.35. The van der Waals surface area contributed by atoms with E-state index in [1.54, 1.807) is 12.4 Å². The van der Waals surface area contributed by atoms with Crippen molar-refractivity contribution < 1.29 is 0 Å². The van der Waals surface area contributed by atoms with E-state index in [2.05, 4.69) is 31.1 Å². The molecule has 0 aliphatic rings. The summed E-state index contributed by atoms with van der Waals surface area (Å²) in [4.78, 5) is 4.02. The molecule has 2 rings (SSSR count). The van der Waals surface area contributed by atoms with Crippen LogP contribution < -0.4 is 0 Å². The van der Waals surface area contributed by atoms with Crippen LogP contribution in [-0.2, 0) is 0 Å². The molecule has 0 aromatic carbocycles. The monoisotopic (exact) mass is 275 g/mol. The van der Waals surface area contributed by atoms with E-state index in [0.717, 1.165) is 15.0 Å². The van der Waals surface area contributed by atoms with E-state index in [4.69, 9.17) is 11.6 Å². The Balaban J connectivity index is 2.46. The first-order valence-corrected chi connectivity index (χ1v) is 5.34. The quantitative estimate of drug-likeness (QED) is 0.803. The van der Waals surface area contributed by atoms with Crippen molar-refractivity contribution in [1.82, 2.24) is 15.2 Å². The van der Waals surface area contributed by atoms with Crippen molar-refractivity contribution in [2.75, 3.05) is 0 Å². The molecule has 2 heterocycles. The minimum Gasteiger partial charge on any atom is -0.263 e. The SMILES string of the molecule is Clc1nnc(-c2cncc(Br)c2)s1. The van der Waals surface area contributed by atoms with E-state index in [1.807, 2.05) is 6.07 Å². The predicted octanol–water partition coefficient (Wildman–Crippen LogP) is 3.02. The molecule has 0 fully saturated rings. The summed E-state index contributed by atoms with van der Waals surface area (Å²) in [5.41, 5.74) is 0.916. The van der Waals surface area contributed by atoms with E-state index in [0.29, 0.717) is 4.47 Å². The van der Waals surface area contributed by atoms with Crippen LogP contribution in [0.15, 0.2) is 22.9 Å². The fourth-order valence-electron chi connectivity index (χ4n) is 0.851. The molecule has 0 atom stereocenters. The minimum atomic E-state index is 0.440. The molecule has 0 aliphatic carbocycles. The van der Waals surface area contributed by atoms with Gasteiger partial charge in [-0.05, 0) is 33.6 Å². The Morgan fingerprint density at radius 3 is 2.77 bits per heavy atom. The van der Waals surface area contributed by atoms with Crippen LogP contribution in [0.3, 0.4) is 0 Å². The Bertz CT molecular complexity index is 431. The Kier molecular flexibility index (Phi) is 2.57. The first kappa shape index (κ1) is 9.05. The van der Waals surface area contributed by atoms with Crippen molar-refractivity contribution in [1.29, 1.82) is 0 Å². The van der Waals surface area contributed by atoms with Gasteiger partial charge in [0.15, 0.2) is 5.01 Å². The second-order valence-corrected chi connectivity index (χ2v) is 4.73. The van der Waals surface area contributed by atoms with Crippen LogP contribution in [0, 0.1) is 0 Å². The van der Waals surface area contributed by atoms with Gasteiger partial charge in [-0.3, -0.25) is 4.98 Å². The maximum absolute atomic E-state index is 5.66. The van der Waals surface area contributed by atoms with Gasteiger partial charge in [-0.1, -0.05) is 11.3 Å². The second kappa shape index (κ2) is 3.69. The molecule has 0 saturated heterocycles. The standard InChI is InChI=1S/C7H3BrClN3S/c8-5-1-4(2-10-3-5)6-11-12-7(9)13-6/h1-3H. The van der Waals surface area contributed by atoms with Gasteiger partial charge < -0.3 is 0 Å². The van der Waals surface area contributed by atoms with Crippen LogP contribution in [0.4, 0.5) is 0 Å². The summed E-state index contributed by atoms with van der Waals surface area (Å²) in [5, 5.41) is 8.39. The Labute approximate surface area is 91.9 Å². The average Bonchev–Trinajstić information content (AvgIpc) is 2.52. The third kappa shape index (κ3) is 2.04. The van der Waals surface area contributed by atoms with Crippen molar-refractivity contribution in [3.63, 3.8) is 0 Å². The maximum Gasteiger partial charge on any atom is 0.207 e. The molecule has 6 heteroatoms. The van der Waals surface area contributed by atoms with Gasteiger partial charge in [0.2, 0.25) is 4.47 Å². The van der Waals surface area contributed by atoms with Crippen molar-refractivity contribution in [2.45, 2.75) is 0 Å². The third-order valence-corrected chi connectivity index (χ3v) is 2.85. The van der Waals surface area contributed by atoms with Crippen molar-refractivity contribution in [3.05, 3.63) is 27.4 Å². The molecule has 0 saturated carbocycles. The molecule has 0 bridgehead atoms. The van der Waals surface area contributed by atoms with Crippen LogP contribution in [-0.4, -0.2) is 15.2 Å². The summed E-state index contributed by atoms with van der Waals surface area (Å²) in [5.74, 6) is 0. The molecule has 2 aromatic rings. The Morgan fingerprint density at radius 1 is 1.31 bits per heavy atom. The van der Waals surface area contributed by atoms with Gasteiger partial charge in [-0.25, -0.2) is 0 Å². The van der Waals surface area contributed by atoms with E-state index < -0.39 is 0 Å². The molecule has 3 nitrogen and oxygen atoms in total. The fourth-order valence-corrected chi connectivity index (χ4v) is 2.03. The Morgan fingerprint density at radius 2 is 2.15 bits per heavy atom. The van der Waals surface area contributed by atoms with Gasteiger partial charge in [0.1, 0.15) is 0 Å². The smallest absolute Gasteiger partial charge is 0.207 e. The lowest BCUT2D eigenvalue weighted by atomic mass is 10.3. The van der Waals surface area contributed by atoms with Gasteiger partial charge in [0.05, 0.1) is 0 Å². The number of pyridine rings is 1. The number of rotatable bonds is 1. The topological polar surface area (TPSA) is 38.7 Å². The minimum absolute atomic E-state index is 0.440. The lowest BCUT2D eigenvalue weighted by molar-refractivity contribution is 1.09. The first-order chi connectivity index (χ1) is 6.25. The lowest BCUT2D eigenvalue weighted by Crippen LogP contribution is -1.79. The summed E-state index contributed by atoms with van der Waals surface area (Å²) in [6.07, 6.45) is 3.44. The van der Waals surface area contributed by atoms with Gasteiger partial charge >= 0.3 is 0 Å². The van der Waals surface area contributed by atoms with Gasteiger partial charge in [-0.2, -0.15) is 0 Å². The summed E-state index contributed by atoms with van der Waals surface area (Å²) >= 11 is 10.3. The molecule has 13 heavy (non-hydrogen) atoms. The molecule has 0 N–H and O–H groups in total. The van der Waals surface area contributed by atoms with Gasteiger partial charge in [0, 0.05) is 22.4 Å². The lowest BCUT2D eigenvalue weighted by Gasteiger charge is -1.93. The van der Waals surface area contributed by atoms with Crippen LogP contribution in [0.5, 0.6) is 0 Å². The highest BCUT2D eigenvalue weighted by Crippen LogP contribution is 2.26. The molecule has 66 valence electrons. The van der Waals surface area contributed by atoms with E-state index in [9.17, 15) is 0 Å². The molecule has 2 aromatic heterocycles. The van der Waals surface area contributed by atoms with Crippen LogP contribution in [0.25, 0.3) is 10.6 Å². The molecular weight excluding hydrogens is 274 g/mol. The van der Waals surface area contributed by atoms with E-state index in [-0.39, 0.29) is 0 Å². The second-order valence-electron chi connectivity index (χ2n) is 2.25. The highest BCUT2D eigenvalue weighted by molar-refractivity contribution is 9.10. The number of aromatic nitrogens is 3. The first-order valence-electron chi connectivity index (χ1n) is 3.35. The van der Waals surface area contributed by atoms with Gasteiger partial charge in [0.25, 0.3) is 0 Å². The van der Waals surface area contributed by atoms with E-state index >= 15 is 0 Å². The summed E-state index contributed by atoms with van der Waals surface area (Å²) in [6.45, 7) is 0. The zero-order chi connectivity index (χ0) is 9.26. The highest BCUT2D eigenvalue weighted by atomic mass is 79.9. The van der Waals surface area contributed by atoms with Crippen LogP contribution >= 0.6 is 38.9 Å². The van der Waals surface area contributed by atoms with Crippen LogP contribution in [0.1, 0.15) is 0 Å². The average molecular weight is 277 g/mol. The molecule has 0 unspecified atom stereocenters. The largest absolute Gasteiger partial charge is 0.263 e. The van der Waals surface area contributed by atoms with Crippen molar-refractivity contribution in [2.24, 2.45) is 0 Å². The molecular formula is C7H3BrClN3S. The Hall–Kier alpha value is -0.520. The summed E-state index contributed by atoms with van der Waals surface area (Å²) in [6, 6.07) is 1.92. The maximum atomic E-state index is 5.66. The molecule has 0 aliphatic heterocycles.